The zero-order valence-corrected chi connectivity index (χ0v) is 11.7. The highest BCUT2D eigenvalue weighted by molar-refractivity contribution is 6.04. The summed E-state index contributed by atoms with van der Waals surface area (Å²) in [5, 5.41) is 2.47. The van der Waals surface area contributed by atoms with E-state index in [0.29, 0.717) is 0 Å². The van der Waals surface area contributed by atoms with Gasteiger partial charge >= 0.3 is 5.97 Å². The maximum Gasteiger partial charge on any atom is 0.319 e. The summed E-state index contributed by atoms with van der Waals surface area (Å²) in [6, 6.07) is 0. The number of carbonyl (C=O) groups is 3. The summed E-state index contributed by atoms with van der Waals surface area (Å²) < 4.78 is 4.85. The van der Waals surface area contributed by atoms with E-state index in [4.69, 9.17) is 4.74 Å². The van der Waals surface area contributed by atoms with Crippen molar-refractivity contribution in [1.82, 2.24) is 10.2 Å². The smallest absolute Gasteiger partial charge is 0.319 e. The normalized spacial score (nSPS) is 11.2. The highest BCUT2D eigenvalue weighted by Gasteiger charge is 2.37. The van der Waals surface area contributed by atoms with Crippen LogP contribution in [0, 0.1) is 5.41 Å². The quantitative estimate of drug-likeness (QED) is 0.506. The van der Waals surface area contributed by atoms with Gasteiger partial charge in [0.25, 0.3) is 0 Å². The highest BCUT2D eigenvalue weighted by atomic mass is 16.5. The third kappa shape index (κ3) is 4.83. The Morgan fingerprint density at radius 2 is 1.78 bits per heavy atom. The predicted molar refractivity (Wildman–Crippen MR) is 67.0 cm³/mol. The van der Waals surface area contributed by atoms with Crippen LogP contribution in [0.3, 0.4) is 0 Å². The van der Waals surface area contributed by atoms with Gasteiger partial charge in [-0.3, -0.25) is 19.3 Å². The molecule has 0 saturated carbocycles. The van der Waals surface area contributed by atoms with Gasteiger partial charge in [-0.15, -0.1) is 0 Å². The van der Waals surface area contributed by atoms with Crippen molar-refractivity contribution in [3.63, 3.8) is 0 Å². The number of ketones is 1. The Morgan fingerprint density at radius 3 is 2.22 bits per heavy atom. The lowest BCUT2D eigenvalue weighted by Gasteiger charge is -2.23. The van der Waals surface area contributed by atoms with E-state index < -0.39 is 11.4 Å². The molecule has 0 aliphatic heterocycles. The minimum Gasteiger partial charge on any atom is -0.465 e. The average molecular weight is 258 g/mol. The standard InChI is InChI=1S/C12H22N2O4/c1-6-18-11(17)12(2,3)9(15)7-14(5)8-10(16)13-4/h6-8H2,1-5H3,(H,13,16). The van der Waals surface area contributed by atoms with Crippen molar-refractivity contribution in [2.45, 2.75) is 20.8 Å². The van der Waals surface area contributed by atoms with E-state index in [1.54, 1.807) is 18.9 Å². The first kappa shape index (κ1) is 16.6. The Kier molecular flexibility index (Phi) is 6.54. The molecule has 0 spiro atoms. The molecule has 0 aromatic heterocycles. The molecule has 0 heterocycles. The number of esters is 1. The second-order valence-electron chi connectivity index (χ2n) is 4.61. The van der Waals surface area contributed by atoms with E-state index in [1.807, 2.05) is 0 Å². The van der Waals surface area contributed by atoms with Gasteiger partial charge in [-0.1, -0.05) is 0 Å². The molecule has 0 radical (unpaired) electrons. The van der Waals surface area contributed by atoms with Gasteiger partial charge in [0.05, 0.1) is 19.7 Å². The Morgan fingerprint density at radius 1 is 1.22 bits per heavy atom. The zero-order valence-electron chi connectivity index (χ0n) is 11.7. The SMILES string of the molecule is CCOC(=O)C(C)(C)C(=O)CN(C)CC(=O)NC. The van der Waals surface area contributed by atoms with Crippen LogP contribution in [0.2, 0.25) is 0 Å². The molecular weight excluding hydrogens is 236 g/mol. The summed E-state index contributed by atoms with van der Waals surface area (Å²) >= 11 is 0. The monoisotopic (exact) mass is 258 g/mol. The molecule has 104 valence electrons. The summed E-state index contributed by atoms with van der Waals surface area (Å²) in [7, 11) is 3.18. The van der Waals surface area contributed by atoms with Crippen LogP contribution in [0.5, 0.6) is 0 Å². The molecule has 0 bridgehead atoms. The van der Waals surface area contributed by atoms with Crippen LogP contribution in [-0.4, -0.2) is 56.4 Å². The van der Waals surface area contributed by atoms with Crippen LogP contribution in [0.15, 0.2) is 0 Å². The molecule has 0 aromatic carbocycles. The zero-order chi connectivity index (χ0) is 14.3. The van der Waals surface area contributed by atoms with Gasteiger partial charge in [0.15, 0.2) is 5.78 Å². The first-order valence-corrected chi connectivity index (χ1v) is 5.85. The van der Waals surface area contributed by atoms with Crippen LogP contribution in [0.25, 0.3) is 0 Å². The van der Waals surface area contributed by atoms with Crippen LogP contribution in [0.1, 0.15) is 20.8 Å². The molecule has 18 heavy (non-hydrogen) atoms. The number of Topliss-reactive ketones (excluding diaryl/α,β-unsaturated/α-hetero) is 1. The van der Waals surface area contributed by atoms with Gasteiger partial charge < -0.3 is 10.1 Å². The van der Waals surface area contributed by atoms with Crippen molar-refractivity contribution in [3.05, 3.63) is 0 Å². The first-order chi connectivity index (χ1) is 8.25. The van der Waals surface area contributed by atoms with Crippen molar-refractivity contribution in [2.75, 3.05) is 33.8 Å². The topological polar surface area (TPSA) is 75.7 Å². The number of hydrogen-bond acceptors (Lipinski definition) is 5. The molecule has 0 aliphatic carbocycles. The summed E-state index contributed by atoms with van der Waals surface area (Å²) in [5.41, 5.74) is -1.19. The van der Waals surface area contributed by atoms with Crippen LogP contribution in [-0.2, 0) is 19.1 Å². The fourth-order valence-electron chi connectivity index (χ4n) is 1.25. The second kappa shape index (κ2) is 7.10. The van der Waals surface area contributed by atoms with Crippen molar-refractivity contribution in [3.8, 4) is 0 Å². The van der Waals surface area contributed by atoms with Gasteiger partial charge in [-0.25, -0.2) is 0 Å². The predicted octanol–water partition coefficient (Wildman–Crippen LogP) is -0.177. The van der Waals surface area contributed by atoms with Gasteiger partial charge in [-0.05, 0) is 27.8 Å². The Labute approximate surface area is 108 Å². The average Bonchev–Trinajstić information content (AvgIpc) is 2.28. The van der Waals surface area contributed by atoms with E-state index in [-0.39, 0.29) is 31.4 Å². The van der Waals surface area contributed by atoms with Crippen molar-refractivity contribution in [2.24, 2.45) is 5.41 Å². The number of nitrogens with one attached hydrogen (secondary N) is 1. The summed E-state index contributed by atoms with van der Waals surface area (Å²) in [6.07, 6.45) is 0. The Bertz CT molecular complexity index is 326. The number of hydrogen-bond donors (Lipinski definition) is 1. The molecule has 0 unspecified atom stereocenters. The summed E-state index contributed by atoms with van der Waals surface area (Å²) in [5.74, 6) is -0.991. The minimum atomic E-state index is -1.19. The molecule has 1 N–H and O–H groups in total. The van der Waals surface area contributed by atoms with Gasteiger partial charge in [0.1, 0.15) is 5.41 Å². The van der Waals surface area contributed by atoms with Crippen molar-refractivity contribution in [1.29, 1.82) is 0 Å². The van der Waals surface area contributed by atoms with E-state index in [1.165, 1.54) is 20.9 Å². The third-order valence-corrected chi connectivity index (χ3v) is 2.59. The van der Waals surface area contributed by atoms with Crippen LogP contribution >= 0.6 is 0 Å². The molecule has 0 saturated heterocycles. The lowest BCUT2D eigenvalue weighted by molar-refractivity contribution is -0.158. The number of rotatable bonds is 7. The highest BCUT2D eigenvalue weighted by Crippen LogP contribution is 2.19. The maximum atomic E-state index is 12.0. The fraction of sp³-hybridized carbons (Fsp3) is 0.750. The minimum absolute atomic E-state index is 0.0270. The second-order valence-corrected chi connectivity index (χ2v) is 4.61. The van der Waals surface area contributed by atoms with Gasteiger partial charge in [0.2, 0.25) is 5.91 Å². The summed E-state index contributed by atoms with van der Waals surface area (Å²) in [4.78, 5) is 36.3. The third-order valence-electron chi connectivity index (χ3n) is 2.59. The van der Waals surface area contributed by atoms with Gasteiger partial charge in [-0.2, -0.15) is 0 Å². The lowest BCUT2D eigenvalue weighted by atomic mass is 9.88. The number of nitrogens with zero attached hydrogens (tertiary/aromatic N) is 1. The van der Waals surface area contributed by atoms with E-state index in [9.17, 15) is 14.4 Å². The lowest BCUT2D eigenvalue weighted by Crippen LogP contribution is -2.43. The van der Waals surface area contributed by atoms with Crippen molar-refractivity contribution >= 4 is 17.7 Å². The van der Waals surface area contributed by atoms with E-state index in [0.717, 1.165) is 0 Å². The summed E-state index contributed by atoms with van der Waals surface area (Å²) in [6.45, 7) is 5.13. The Hall–Kier alpha value is -1.43. The van der Waals surface area contributed by atoms with E-state index in [2.05, 4.69) is 5.32 Å². The molecule has 0 fully saturated rings. The number of ether oxygens (including phenoxy) is 1. The fourth-order valence-corrected chi connectivity index (χ4v) is 1.25. The molecule has 0 aromatic rings. The molecule has 0 atom stereocenters. The largest absolute Gasteiger partial charge is 0.465 e. The number of carbonyl (C=O) groups excluding carboxylic acids is 3. The first-order valence-electron chi connectivity index (χ1n) is 5.85. The molecule has 1 amide bonds. The molecule has 0 rings (SSSR count). The molecular formula is C12H22N2O4. The molecule has 6 heteroatoms. The van der Waals surface area contributed by atoms with Crippen LogP contribution in [0.4, 0.5) is 0 Å². The number of likely N-dealkylation sites (N-methyl/N-ethyl adjacent to an activating group) is 2. The molecule has 6 nitrogen and oxygen atoms in total. The van der Waals surface area contributed by atoms with Crippen LogP contribution < -0.4 is 5.32 Å². The van der Waals surface area contributed by atoms with Gasteiger partial charge in [0, 0.05) is 7.05 Å². The Balaban J connectivity index is 4.47. The number of amides is 1. The maximum absolute atomic E-state index is 12.0. The van der Waals surface area contributed by atoms with Crippen molar-refractivity contribution < 1.29 is 19.1 Å². The van der Waals surface area contributed by atoms with E-state index >= 15 is 0 Å². The molecule has 0 aliphatic rings.